The number of hydrogen-bond acceptors (Lipinski definition) is 3. The number of rotatable bonds is 5. The molecule has 0 aromatic heterocycles. The zero-order valence-electron chi connectivity index (χ0n) is 9.24. The molecule has 1 unspecified atom stereocenters. The number of carbonyl (C=O) groups excluding carboxylic acids is 1. The van der Waals surface area contributed by atoms with Crippen LogP contribution >= 0.6 is 11.6 Å². The molecule has 0 fully saturated rings. The Hall–Kier alpha value is -1.75. The van der Waals surface area contributed by atoms with Crippen LogP contribution in [0.2, 0.25) is 5.02 Å². The highest BCUT2D eigenvalue weighted by Crippen LogP contribution is 2.21. The van der Waals surface area contributed by atoms with Crippen LogP contribution < -0.4 is 11.1 Å². The molecule has 1 atom stereocenters. The summed E-state index contributed by atoms with van der Waals surface area (Å²) >= 11 is 5.84. The predicted molar refractivity (Wildman–Crippen MR) is 65.3 cm³/mol. The molecule has 1 rings (SSSR count). The minimum absolute atomic E-state index is 0.197. The Morgan fingerprint density at radius 1 is 1.53 bits per heavy atom. The maximum absolute atomic E-state index is 10.9. The van der Waals surface area contributed by atoms with Crippen LogP contribution in [0.5, 0.6) is 0 Å². The molecule has 0 spiro atoms. The van der Waals surface area contributed by atoms with E-state index in [0.717, 1.165) is 0 Å². The van der Waals surface area contributed by atoms with E-state index in [4.69, 9.17) is 22.4 Å². The first kappa shape index (κ1) is 13.3. The summed E-state index contributed by atoms with van der Waals surface area (Å²) in [6.07, 6.45) is 0.435. The summed E-state index contributed by atoms with van der Waals surface area (Å²) < 4.78 is 0. The van der Waals surface area contributed by atoms with Crippen LogP contribution in [0.25, 0.3) is 0 Å². The number of anilines is 1. The van der Waals surface area contributed by atoms with Crippen molar-refractivity contribution >= 4 is 29.2 Å². The Morgan fingerprint density at radius 3 is 2.59 bits per heavy atom. The number of hydrogen-bond donors (Lipinski definition) is 3. The first-order valence-corrected chi connectivity index (χ1v) is 5.42. The van der Waals surface area contributed by atoms with E-state index in [1.807, 2.05) is 0 Å². The molecular weight excluding hydrogens is 244 g/mol. The van der Waals surface area contributed by atoms with Gasteiger partial charge in [-0.2, -0.15) is 0 Å². The zero-order valence-corrected chi connectivity index (χ0v) is 9.99. The molecule has 0 bridgehead atoms. The van der Waals surface area contributed by atoms with Crippen LogP contribution in [0, 0.1) is 0 Å². The van der Waals surface area contributed by atoms with Gasteiger partial charge < -0.3 is 16.2 Å². The second-order valence-electron chi connectivity index (χ2n) is 3.50. The Labute approximate surface area is 104 Å². The normalized spacial score (nSPS) is 11.9. The second kappa shape index (κ2) is 5.54. The van der Waals surface area contributed by atoms with Gasteiger partial charge in [-0.15, -0.1) is 0 Å². The van der Waals surface area contributed by atoms with Gasteiger partial charge in [0.25, 0.3) is 0 Å². The highest BCUT2D eigenvalue weighted by atomic mass is 35.5. The number of carboxylic acids is 1. The quantitative estimate of drug-likeness (QED) is 0.748. The van der Waals surface area contributed by atoms with E-state index in [-0.39, 0.29) is 10.6 Å². The topological polar surface area (TPSA) is 92.4 Å². The van der Waals surface area contributed by atoms with Crippen molar-refractivity contribution in [2.75, 3.05) is 5.32 Å². The third-order valence-corrected chi connectivity index (χ3v) is 2.59. The van der Waals surface area contributed by atoms with Gasteiger partial charge in [-0.1, -0.05) is 18.5 Å². The number of nitrogens with one attached hydrogen (secondary N) is 1. The molecule has 0 aliphatic rings. The largest absolute Gasteiger partial charge is 0.480 e. The van der Waals surface area contributed by atoms with Crippen LogP contribution in [0.3, 0.4) is 0 Å². The number of halogens is 1. The van der Waals surface area contributed by atoms with E-state index in [1.54, 1.807) is 13.0 Å². The van der Waals surface area contributed by atoms with Gasteiger partial charge in [0.05, 0.1) is 10.6 Å². The molecule has 0 saturated heterocycles. The maximum atomic E-state index is 10.9. The van der Waals surface area contributed by atoms with Crippen LogP contribution in [0.1, 0.15) is 23.7 Å². The molecule has 1 aromatic carbocycles. The number of carboxylic acid groups (broad SMARTS) is 1. The van der Waals surface area contributed by atoms with Crippen molar-refractivity contribution in [3.05, 3.63) is 28.8 Å². The maximum Gasteiger partial charge on any atom is 0.326 e. The van der Waals surface area contributed by atoms with Crippen molar-refractivity contribution < 1.29 is 14.7 Å². The minimum atomic E-state index is -0.942. The van der Waals surface area contributed by atoms with Gasteiger partial charge in [-0.3, -0.25) is 4.79 Å². The van der Waals surface area contributed by atoms with Crippen molar-refractivity contribution in [3.8, 4) is 0 Å². The Kier molecular flexibility index (Phi) is 4.34. The first-order chi connectivity index (χ1) is 7.95. The molecule has 6 heteroatoms. The monoisotopic (exact) mass is 256 g/mol. The number of aliphatic carboxylic acids is 1. The number of primary amides is 1. The Morgan fingerprint density at radius 2 is 2.18 bits per heavy atom. The molecule has 17 heavy (non-hydrogen) atoms. The number of benzene rings is 1. The predicted octanol–water partition coefficient (Wildman–Crippen LogP) is 1.71. The van der Waals surface area contributed by atoms with E-state index < -0.39 is 17.9 Å². The summed E-state index contributed by atoms with van der Waals surface area (Å²) in [6, 6.07) is 3.82. The van der Waals surface area contributed by atoms with Gasteiger partial charge in [0.1, 0.15) is 6.04 Å². The minimum Gasteiger partial charge on any atom is -0.480 e. The molecule has 1 amide bonds. The lowest BCUT2D eigenvalue weighted by molar-refractivity contribution is -0.137. The Bertz CT molecular complexity index is 448. The average molecular weight is 257 g/mol. The second-order valence-corrected chi connectivity index (χ2v) is 3.91. The van der Waals surface area contributed by atoms with Gasteiger partial charge >= 0.3 is 5.97 Å². The fraction of sp³-hybridized carbons (Fsp3) is 0.273. The molecule has 0 aliphatic carbocycles. The van der Waals surface area contributed by atoms with Gasteiger partial charge in [-0.25, -0.2) is 4.79 Å². The van der Waals surface area contributed by atoms with Crippen molar-refractivity contribution in [1.29, 1.82) is 0 Å². The fourth-order valence-electron chi connectivity index (χ4n) is 1.34. The molecule has 0 aliphatic heterocycles. The average Bonchev–Trinajstić information content (AvgIpc) is 2.24. The van der Waals surface area contributed by atoms with Gasteiger partial charge in [0.15, 0.2) is 0 Å². The SMILES string of the molecule is CCC(Nc1ccc(C(N)=O)c(Cl)c1)C(=O)O. The third kappa shape index (κ3) is 3.35. The third-order valence-electron chi connectivity index (χ3n) is 2.28. The van der Waals surface area contributed by atoms with E-state index >= 15 is 0 Å². The number of nitrogens with two attached hydrogens (primary N) is 1. The standard InChI is InChI=1S/C11H13ClN2O3/c1-2-9(11(16)17)14-6-3-4-7(10(13)15)8(12)5-6/h3-5,9,14H,2H2,1H3,(H2,13,15)(H,16,17). The zero-order chi connectivity index (χ0) is 13.0. The van der Waals surface area contributed by atoms with Crippen LogP contribution in [0.15, 0.2) is 18.2 Å². The molecule has 0 heterocycles. The molecule has 4 N–H and O–H groups in total. The van der Waals surface area contributed by atoms with E-state index in [1.165, 1.54) is 12.1 Å². The van der Waals surface area contributed by atoms with Crippen molar-refractivity contribution in [1.82, 2.24) is 0 Å². The summed E-state index contributed by atoms with van der Waals surface area (Å²) in [5.74, 6) is -1.56. The number of amides is 1. The van der Waals surface area contributed by atoms with Crippen LogP contribution in [-0.4, -0.2) is 23.0 Å². The lowest BCUT2D eigenvalue weighted by Crippen LogP contribution is -2.28. The Balaban J connectivity index is 2.90. The lowest BCUT2D eigenvalue weighted by Gasteiger charge is -2.14. The summed E-state index contributed by atoms with van der Waals surface area (Å²) in [5, 5.41) is 11.9. The van der Waals surface area contributed by atoms with E-state index in [2.05, 4.69) is 5.32 Å². The molecule has 0 radical (unpaired) electrons. The highest BCUT2D eigenvalue weighted by Gasteiger charge is 2.15. The number of carbonyl (C=O) groups is 2. The summed E-state index contributed by atoms with van der Waals surface area (Å²) in [7, 11) is 0. The van der Waals surface area contributed by atoms with Gasteiger partial charge in [0, 0.05) is 5.69 Å². The first-order valence-electron chi connectivity index (χ1n) is 5.04. The van der Waals surface area contributed by atoms with Crippen LogP contribution in [0.4, 0.5) is 5.69 Å². The van der Waals surface area contributed by atoms with Crippen LogP contribution in [-0.2, 0) is 4.79 Å². The van der Waals surface area contributed by atoms with Gasteiger partial charge in [0.2, 0.25) is 5.91 Å². The molecule has 92 valence electrons. The summed E-state index contributed by atoms with van der Waals surface area (Å²) in [5.41, 5.74) is 5.85. The smallest absolute Gasteiger partial charge is 0.326 e. The summed E-state index contributed by atoms with van der Waals surface area (Å²) in [4.78, 5) is 21.8. The summed E-state index contributed by atoms with van der Waals surface area (Å²) in [6.45, 7) is 1.76. The van der Waals surface area contributed by atoms with Crippen molar-refractivity contribution in [2.24, 2.45) is 5.73 Å². The molecule has 5 nitrogen and oxygen atoms in total. The van der Waals surface area contributed by atoms with E-state index in [9.17, 15) is 9.59 Å². The van der Waals surface area contributed by atoms with Gasteiger partial charge in [-0.05, 0) is 24.6 Å². The molecular formula is C11H13ClN2O3. The molecule has 1 aromatic rings. The fourth-order valence-corrected chi connectivity index (χ4v) is 1.62. The van der Waals surface area contributed by atoms with Crippen molar-refractivity contribution in [3.63, 3.8) is 0 Å². The highest BCUT2D eigenvalue weighted by molar-refractivity contribution is 6.34. The van der Waals surface area contributed by atoms with Crippen molar-refractivity contribution in [2.45, 2.75) is 19.4 Å². The van der Waals surface area contributed by atoms with E-state index in [0.29, 0.717) is 12.1 Å². The lowest BCUT2D eigenvalue weighted by atomic mass is 10.1. The molecule has 0 saturated carbocycles.